The van der Waals surface area contributed by atoms with Crippen molar-refractivity contribution in [2.75, 3.05) is 19.9 Å². The van der Waals surface area contributed by atoms with Gasteiger partial charge in [-0.3, -0.25) is 25.2 Å². The van der Waals surface area contributed by atoms with Gasteiger partial charge in [0.05, 0.1) is 24.5 Å². The zero-order valence-corrected chi connectivity index (χ0v) is 19.9. The molecule has 2 amide bonds. The lowest BCUT2D eigenvalue weighted by Gasteiger charge is -2.41. The molecule has 192 valence electrons. The first-order chi connectivity index (χ1) is 16.7. The van der Waals surface area contributed by atoms with E-state index in [9.17, 15) is 9.59 Å². The van der Waals surface area contributed by atoms with E-state index in [4.69, 9.17) is 14.3 Å². The Hall–Kier alpha value is -1.34. The number of fused-ring (bicyclic) bond motifs is 2. The van der Waals surface area contributed by atoms with Crippen LogP contribution >= 0.6 is 0 Å². The van der Waals surface area contributed by atoms with Gasteiger partial charge < -0.3 is 20.1 Å². The van der Waals surface area contributed by atoms with Crippen molar-refractivity contribution < 1.29 is 23.9 Å². The molecular formula is C23H40N6O5. The third-order valence-corrected chi connectivity index (χ3v) is 8.12. The monoisotopic (exact) mass is 480 g/mol. The topological polar surface area (TPSA) is 134 Å². The Kier molecular flexibility index (Phi) is 8.31. The molecule has 3 heterocycles. The zero-order valence-electron chi connectivity index (χ0n) is 19.9. The number of nitrogens with one attached hydrogen (secondary N) is 6. The largest absolute Gasteiger partial charge is 0.356 e. The molecule has 0 aromatic carbocycles. The van der Waals surface area contributed by atoms with Crippen molar-refractivity contribution in [3.63, 3.8) is 0 Å². The molecule has 3 aliphatic heterocycles. The van der Waals surface area contributed by atoms with E-state index in [1.807, 2.05) is 0 Å². The van der Waals surface area contributed by atoms with Crippen LogP contribution in [0.5, 0.6) is 0 Å². The SMILES string of the molecule is O=C(CCC1NC(C2CCC3OCOC3C2)NO1)NCCCNC1NNC(=O)C2CCCCC12. The molecule has 3 saturated heterocycles. The molecule has 0 aromatic heterocycles. The maximum Gasteiger partial charge on any atom is 0.237 e. The second kappa shape index (κ2) is 11.6. The molecule has 11 nitrogen and oxygen atoms in total. The molecular weight excluding hydrogens is 440 g/mol. The smallest absolute Gasteiger partial charge is 0.237 e. The first-order valence-corrected chi connectivity index (χ1v) is 13.1. The van der Waals surface area contributed by atoms with Crippen LogP contribution in [0.15, 0.2) is 0 Å². The van der Waals surface area contributed by atoms with Crippen molar-refractivity contribution in [2.45, 2.75) is 95.0 Å². The molecule has 34 heavy (non-hydrogen) atoms. The van der Waals surface area contributed by atoms with Gasteiger partial charge in [-0.2, -0.15) is 5.48 Å². The van der Waals surface area contributed by atoms with Crippen molar-refractivity contribution in [2.24, 2.45) is 17.8 Å². The average Bonchev–Trinajstić information content (AvgIpc) is 3.53. The van der Waals surface area contributed by atoms with Crippen molar-refractivity contribution in [3.8, 4) is 0 Å². The van der Waals surface area contributed by atoms with Crippen molar-refractivity contribution in [3.05, 3.63) is 0 Å². The molecule has 5 rings (SSSR count). The van der Waals surface area contributed by atoms with Gasteiger partial charge in [0.1, 0.15) is 13.0 Å². The molecule has 5 aliphatic rings. The first-order valence-electron chi connectivity index (χ1n) is 13.1. The van der Waals surface area contributed by atoms with Gasteiger partial charge in [-0.25, -0.2) is 5.43 Å². The summed E-state index contributed by atoms with van der Waals surface area (Å²) in [6.45, 7) is 1.83. The number of amides is 2. The predicted octanol–water partition coefficient (Wildman–Crippen LogP) is -0.0524. The number of hydrazine groups is 1. The Morgan fingerprint density at radius 3 is 2.88 bits per heavy atom. The molecule has 2 saturated carbocycles. The molecule has 0 aromatic rings. The van der Waals surface area contributed by atoms with Crippen LogP contribution in [-0.4, -0.2) is 62.5 Å². The maximum absolute atomic E-state index is 12.3. The Morgan fingerprint density at radius 1 is 1.06 bits per heavy atom. The van der Waals surface area contributed by atoms with E-state index < -0.39 is 0 Å². The number of carbonyl (C=O) groups is 2. The molecule has 6 N–H and O–H groups in total. The highest BCUT2D eigenvalue weighted by Gasteiger charge is 2.41. The summed E-state index contributed by atoms with van der Waals surface area (Å²) in [4.78, 5) is 30.0. The number of ether oxygens (including phenoxy) is 2. The van der Waals surface area contributed by atoms with Crippen molar-refractivity contribution in [1.29, 1.82) is 0 Å². The normalized spacial score (nSPS) is 39.8. The average molecular weight is 481 g/mol. The molecule has 8 atom stereocenters. The van der Waals surface area contributed by atoms with E-state index in [0.717, 1.165) is 51.5 Å². The summed E-state index contributed by atoms with van der Waals surface area (Å²) < 4.78 is 11.3. The van der Waals surface area contributed by atoms with Gasteiger partial charge in [0, 0.05) is 24.8 Å². The van der Waals surface area contributed by atoms with Gasteiger partial charge in [0.2, 0.25) is 11.8 Å². The van der Waals surface area contributed by atoms with E-state index >= 15 is 0 Å². The summed E-state index contributed by atoms with van der Waals surface area (Å²) in [5.41, 5.74) is 9.05. The van der Waals surface area contributed by atoms with Gasteiger partial charge in [-0.15, -0.1) is 0 Å². The lowest BCUT2D eigenvalue weighted by atomic mass is 9.76. The third-order valence-electron chi connectivity index (χ3n) is 8.12. The van der Waals surface area contributed by atoms with Crippen LogP contribution in [0.1, 0.15) is 64.2 Å². The lowest BCUT2D eigenvalue weighted by Crippen LogP contribution is -2.64. The summed E-state index contributed by atoms with van der Waals surface area (Å²) in [7, 11) is 0. The van der Waals surface area contributed by atoms with Crippen LogP contribution in [-0.2, 0) is 23.9 Å². The van der Waals surface area contributed by atoms with Gasteiger partial charge >= 0.3 is 0 Å². The van der Waals surface area contributed by atoms with E-state index in [2.05, 4.69) is 32.3 Å². The summed E-state index contributed by atoms with van der Waals surface area (Å²) in [6.07, 6.45) is 9.80. The Bertz CT molecular complexity index is 713. The first kappa shape index (κ1) is 24.4. The highest BCUT2D eigenvalue weighted by Crippen LogP contribution is 2.35. The Balaban J connectivity index is 0.925. The van der Waals surface area contributed by atoms with E-state index in [0.29, 0.717) is 38.0 Å². The quantitative estimate of drug-likeness (QED) is 0.251. The van der Waals surface area contributed by atoms with E-state index in [1.165, 1.54) is 6.42 Å². The van der Waals surface area contributed by atoms with Crippen LogP contribution in [0.2, 0.25) is 0 Å². The standard InChI is InChI=1S/C23H40N6O5/c30-19(24-10-3-11-25-22-15-4-1-2-5-16(15)23(31)28-27-22)8-9-20-26-21(29-34-20)14-6-7-17-18(12-14)33-13-32-17/h14-18,20-22,25-27,29H,1-13H2,(H,24,30)(H,28,31). The number of hydrogen-bond donors (Lipinski definition) is 6. The van der Waals surface area contributed by atoms with E-state index in [1.54, 1.807) is 0 Å². The summed E-state index contributed by atoms with van der Waals surface area (Å²) in [6, 6.07) is 0. The fraction of sp³-hybridized carbons (Fsp3) is 0.913. The zero-order chi connectivity index (χ0) is 23.3. The summed E-state index contributed by atoms with van der Waals surface area (Å²) >= 11 is 0. The lowest BCUT2D eigenvalue weighted by molar-refractivity contribution is -0.134. The fourth-order valence-corrected chi connectivity index (χ4v) is 6.17. The van der Waals surface area contributed by atoms with Gasteiger partial charge in [-0.05, 0) is 57.4 Å². The number of hydroxylamine groups is 1. The molecule has 0 bridgehead atoms. The third kappa shape index (κ3) is 5.89. The molecule has 5 fully saturated rings. The van der Waals surface area contributed by atoms with Crippen LogP contribution in [0.25, 0.3) is 0 Å². The van der Waals surface area contributed by atoms with Crippen molar-refractivity contribution in [1.82, 2.24) is 32.3 Å². The predicted molar refractivity (Wildman–Crippen MR) is 122 cm³/mol. The van der Waals surface area contributed by atoms with E-state index in [-0.39, 0.29) is 48.5 Å². The second-order valence-corrected chi connectivity index (χ2v) is 10.3. The molecule has 2 aliphatic carbocycles. The van der Waals surface area contributed by atoms with Gasteiger partial charge in [0.25, 0.3) is 0 Å². The molecule has 0 radical (unpaired) electrons. The number of hydrogen-bond acceptors (Lipinski definition) is 9. The van der Waals surface area contributed by atoms with Crippen LogP contribution < -0.4 is 32.3 Å². The maximum atomic E-state index is 12.3. The van der Waals surface area contributed by atoms with Crippen molar-refractivity contribution >= 4 is 11.8 Å². The Labute approximate surface area is 201 Å². The summed E-state index contributed by atoms with van der Waals surface area (Å²) in [5, 5.41) is 9.99. The minimum Gasteiger partial charge on any atom is -0.356 e. The highest BCUT2D eigenvalue weighted by atomic mass is 16.7. The minimum atomic E-state index is -0.160. The summed E-state index contributed by atoms with van der Waals surface area (Å²) in [5.74, 6) is 1.07. The molecule has 8 unspecified atom stereocenters. The molecule has 0 spiro atoms. The second-order valence-electron chi connectivity index (χ2n) is 10.3. The fourth-order valence-electron chi connectivity index (χ4n) is 6.17. The van der Waals surface area contributed by atoms with Crippen LogP contribution in [0.3, 0.4) is 0 Å². The number of rotatable bonds is 9. The van der Waals surface area contributed by atoms with Crippen LogP contribution in [0, 0.1) is 17.8 Å². The van der Waals surface area contributed by atoms with Gasteiger partial charge in [-0.1, -0.05) is 12.8 Å². The van der Waals surface area contributed by atoms with Gasteiger partial charge in [0.15, 0.2) is 0 Å². The highest BCUT2D eigenvalue weighted by molar-refractivity contribution is 5.79. The van der Waals surface area contributed by atoms with Crippen LogP contribution in [0.4, 0.5) is 0 Å². The minimum absolute atomic E-state index is 0.0428. The molecule has 11 heteroatoms. The number of carbonyl (C=O) groups excluding carboxylic acids is 2. The Morgan fingerprint density at radius 2 is 1.94 bits per heavy atom.